The molecular weight excluding hydrogens is 304 g/mol. The van der Waals surface area contributed by atoms with Gasteiger partial charge in [0.05, 0.1) is 12.6 Å². The third-order valence-corrected chi connectivity index (χ3v) is 4.85. The third kappa shape index (κ3) is 3.83. The van der Waals surface area contributed by atoms with E-state index in [2.05, 4.69) is 20.0 Å². The molecule has 0 unspecified atom stereocenters. The van der Waals surface area contributed by atoms with Gasteiger partial charge in [-0.2, -0.15) is 0 Å². The van der Waals surface area contributed by atoms with Crippen LogP contribution in [0, 0.1) is 0 Å². The van der Waals surface area contributed by atoms with E-state index in [0.717, 1.165) is 50.1 Å². The Labute approximate surface area is 142 Å². The van der Waals surface area contributed by atoms with Gasteiger partial charge in [0, 0.05) is 38.6 Å². The predicted octanol–water partition coefficient (Wildman–Crippen LogP) is 1.80. The molecule has 1 atom stereocenters. The van der Waals surface area contributed by atoms with Crippen LogP contribution >= 0.6 is 0 Å². The zero-order valence-electron chi connectivity index (χ0n) is 13.8. The van der Waals surface area contributed by atoms with Gasteiger partial charge < -0.3 is 9.52 Å². The van der Waals surface area contributed by atoms with E-state index in [9.17, 15) is 5.11 Å². The summed E-state index contributed by atoms with van der Waals surface area (Å²) >= 11 is 0. The quantitative estimate of drug-likeness (QED) is 0.872. The minimum absolute atomic E-state index is 0.421. The highest BCUT2D eigenvalue weighted by atomic mass is 16.4. The molecule has 1 aromatic heterocycles. The van der Waals surface area contributed by atoms with Gasteiger partial charge >= 0.3 is 0 Å². The Morgan fingerprint density at radius 2 is 1.75 bits per heavy atom. The SMILES string of the molecule is O[C@H](CN1CCN(Cc2nnc(C3CC3)o2)CC1)c1ccccc1. The molecule has 0 amide bonds. The molecule has 6 heteroatoms. The lowest BCUT2D eigenvalue weighted by atomic mass is 10.1. The van der Waals surface area contributed by atoms with Crippen molar-refractivity contribution in [2.75, 3.05) is 32.7 Å². The molecule has 2 aliphatic rings. The van der Waals surface area contributed by atoms with Gasteiger partial charge in [-0.05, 0) is 18.4 Å². The van der Waals surface area contributed by atoms with Gasteiger partial charge in [-0.25, -0.2) is 0 Å². The van der Waals surface area contributed by atoms with Gasteiger partial charge in [-0.3, -0.25) is 9.80 Å². The summed E-state index contributed by atoms with van der Waals surface area (Å²) < 4.78 is 5.74. The summed E-state index contributed by atoms with van der Waals surface area (Å²) in [5.74, 6) is 2.06. The Bertz CT molecular complexity index is 648. The molecule has 0 spiro atoms. The van der Waals surface area contributed by atoms with Crippen LogP contribution in [0.4, 0.5) is 0 Å². The Hall–Kier alpha value is -1.76. The monoisotopic (exact) mass is 328 g/mol. The summed E-state index contributed by atoms with van der Waals surface area (Å²) in [6, 6.07) is 9.87. The molecule has 2 fully saturated rings. The van der Waals surface area contributed by atoms with Crippen molar-refractivity contribution >= 4 is 0 Å². The zero-order valence-corrected chi connectivity index (χ0v) is 13.8. The average Bonchev–Trinajstić information content (AvgIpc) is 3.37. The van der Waals surface area contributed by atoms with E-state index >= 15 is 0 Å². The van der Waals surface area contributed by atoms with Crippen LogP contribution in [0.1, 0.15) is 42.2 Å². The lowest BCUT2D eigenvalue weighted by molar-refractivity contribution is 0.0670. The molecule has 1 saturated carbocycles. The Morgan fingerprint density at radius 1 is 1.04 bits per heavy atom. The standard InChI is InChI=1S/C18H24N4O2/c23-16(14-4-2-1-3-5-14)12-21-8-10-22(11-9-21)13-17-19-20-18(24-17)15-6-7-15/h1-5,15-16,23H,6-13H2/t16-/m1/s1. The first-order valence-corrected chi connectivity index (χ1v) is 8.78. The van der Waals surface area contributed by atoms with Crippen LogP contribution < -0.4 is 0 Å². The minimum Gasteiger partial charge on any atom is -0.424 e. The van der Waals surface area contributed by atoms with Crippen LogP contribution in [0.5, 0.6) is 0 Å². The summed E-state index contributed by atoms with van der Waals surface area (Å²) in [5.41, 5.74) is 0.985. The fourth-order valence-electron chi connectivity index (χ4n) is 3.17. The van der Waals surface area contributed by atoms with Crippen molar-refractivity contribution in [2.24, 2.45) is 0 Å². The number of benzene rings is 1. The number of β-amino-alcohol motifs (C(OH)–C–C–N with tert-alkyl or cyclic N) is 1. The first-order chi connectivity index (χ1) is 11.8. The molecule has 2 aromatic rings. The molecule has 128 valence electrons. The second-order valence-corrected chi connectivity index (χ2v) is 6.81. The topological polar surface area (TPSA) is 65.6 Å². The molecular formula is C18H24N4O2. The van der Waals surface area contributed by atoms with Gasteiger partial charge in [0.15, 0.2) is 0 Å². The summed E-state index contributed by atoms with van der Waals surface area (Å²) in [6.45, 7) is 5.24. The highest BCUT2D eigenvalue weighted by molar-refractivity contribution is 5.17. The molecule has 0 radical (unpaired) electrons. The summed E-state index contributed by atoms with van der Waals surface area (Å²) in [5, 5.41) is 18.7. The first-order valence-electron chi connectivity index (χ1n) is 8.78. The maximum atomic E-state index is 10.3. The first kappa shape index (κ1) is 15.7. The van der Waals surface area contributed by atoms with Crippen molar-refractivity contribution in [1.82, 2.24) is 20.0 Å². The fraction of sp³-hybridized carbons (Fsp3) is 0.556. The molecule has 1 aliphatic carbocycles. The maximum Gasteiger partial charge on any atom is 0.230 e. The lowest BCUT2D eigenvalue weighted by Crippen LogP contribution is -2.47. The van der Waals surface area contributed by atoms with E-state index in [0.29, 0.717) is 12.5 Å². The predicted molar refractivity (Wildman–Crippen MR) is 89.4 cm³/mol. The van der Waals surface area contributed by atoms with Gasteiger partial charge in [-0.1, -0.05) is 30.3 Å². The van der Waals surface area contributed by atoms with E-state index < -0.39 is 6.10 Å². The zero-order chi connectivity index (χ0) is 16.4. The Balaban J connectivity index is 1.24. The maximum absolute atomic E-state index is 10.3. The Morgan fingerprint density at radius 3 is 2.46 bits per heavy atom. The number of aliphatic hydroxyl groups is 1. The summed E-state index contributed by atoms with van der Waals surface area (Å²) in [7, 11) is 0. The minimum atomic E-state index is -0.421. The average molecular weight is 328 g/mol. The number of hydrogen-bond acceptors (Lipinski definition) is 6. The van der Waals surface area contributed by atoms with Crippen molar-refractivity contribution in [3.8, 4) is 0 Å². The van der Waals surface area contributed by atoms with E-state index in [4.69, 9.17) is 4.42 Å². The molecule has 4 rings (SSSR count). The molecule has 1 aliphatic heterocycles. The van der Waals surface area contributed by atoms with Crippen LogP contribution in [0.15, 0.2) is 34.7 Å². The smallest absolute Gasteiger partial charge is 0.230 e. The van der Waals surface area contributed by atoms with Crippen molar-refractivity contribution in [3.63, 3.8) is 0 Å². The number of hydrogen-bond donors (Lipinski definition) is 1. The van der Waals surface area contributed by atoms with Gasteiger partial charge in [0.2, 0.25) is 11.8 Å². The van der Waals surface area contributed by atoms with E-state index in [1.807, 2.05) is 30.3 Å². The highest BCUT2D eigenvalue weighted by Crippen LogP contribution is 2.39. The van der Waals surface area contributed by atoms with Crippen LogP contribution in [0.2, 0.25) is 0 Å². The molecule has 6 nitrogen and oxygen atoms in total. The summed E-state index contributed by atoms with van der Waals surface area (Å²) in [6.07, 6.45) is 1.95. The molecule has 1 saturated heterocycles. The number of aliphatic hydroxyl groups excluding tert-OH is 1. The second-order valence-electron chi connectivity index (χ2n) is 6.81. The van der Waals surface area contributed by atoms with E-state index in [-0.39, 0.29) is 0 Å². The second kappa shape index (κ2) is 7.01. The van der Waals surface area contributed by atoms with Crippen LogP contribution in [-0.4, -0.2) is 57.8 Å². The van der Waals surface area contributed by atoms with E-state index in [1.165, 1.54) is 12.8 Å². The number of nitrogens with zero attached hydrogens (tertiary/aromatic N) is 4. The van der Waals surface area contributed by atoms with E-state index in [1.54, 1.807) is 0 Å². The number of piperazine rings is 1. The number of rotatable bonds is 6. The molecule has 1 N–H and O–H groups in total. The largest absolute Gasteiger partial charge is 0.424 e. The normalized spacial score (nSPS) is 21.0. The fourth-order valence-corrected chi connectivity index (χ4v) is 3.17. The van der Waals surface area contributed by atoms with Crippen LogP contribution in [0.25, 0.3) is 0 Å². The number of aromatic nitrogens is 2. The molecule has 24 heavy (non-hydrogen) atoms. The third-order valence-electron chi connectivity index (χ3n) is 4.85. The van der Waals surface area contributed by atoms with Crippen molar-refractivity contribution in [3.05, 3.63) is 47.7 Å². The van der Waals surface area contributed by atoms with Crippen LogP contribution in [0.3, 0.4) is 0 Å². The van der Waals surface area contributed by atoms with Crippen molar-refractivity contribution < 1.29 is 9.52 Å². The Kier molecular flexibility index (Phi) is 4.60. The highest BCUT2D eigenvalue weighted by Gasteiger charge is 2.29. The van der Waals surface area contributed by atoms with Gasteiger partial charge in [0.1, 0.15) is 0 Å². The molecule has 2 heterocycles. The van der Waals surface area contributed by atoms with Gasteiger partial charge in [-0.15, -0.1) is 10.2 Å². The van der Waals surface area contributed by atoms with Gasteiger partial charge in [0.25, 0.3) is 0 Å². The van der Waals surface area contributed by atoms with Crippen molar-refractivity contribution in [2.45, 2.75) is 31.4 Å². The molecule has 1 aromatic carbocycles. The molecule has 0 bridgehead atoms. The summed E-state index contributed by atoms with van der Waals surface area (Å²) in [4.78, 5) is 4.66. The van der Waals surface area contributed by atoms with Crippen molar-refractivity contribution in [1.29, 1.82) is 0 Å². The lowest BCUT2D eigenvalue weighted by Gasteiger charge is -2.35. The van der Waals surface area contributed by atoms with Crippen LogP contribution in [-0.2, 0) is 6.54 Å².